The largest absolute Gasteiger partial charge is 0.381 e. The molecule has 1 aromatic heterocycles. The van der Waals surface area contributed by atoms with Crippen molar-refractivity contribution < 1.29 is 4.74 Å². The van der Waals surface area contributed by atoms with Crippen LogP contribution < -0.4 is 5.32 Å². The van der Waals surface area contributed by atoms with E-state index in [9.17, 15) is 0 Å². The Kier molecular flexibility index (Phi) is 15.3. The molecule has 0 spiro atoms. The summed E-state index contributed by atoms with van der Waals surface area (Å²) in [5.74, 6) is 0. The normalized spacial score (nSPS) is 18.5. The van der Waals surface area contributed by atoms with Gasteiger partial charge in [-0.1, -0.05) is 20.3 Å². The second kappa shape index (κ2) is 16.0. The van der Waals surface area contributed by atoms with Crippen LogP contribution >= 0.6 is 0 Å². The smallest absolute Gasteiger partial charge is 0.0943 e. The minimum absolute atomic E-state index is 0.712. The van der Waals surface area contributed by atoms with Gasteiger partial charge >= 0.3 is 0 Å². The Morgan fingerprint density at radius 2 is 1.65 bits per heavy atom. The molecule has 2 fully saturated rings. The standard InChI is InChI=1S/C6H13NO.C6H13N.C4H6N2.C2H6/c1-7-6-2-4-8-5-3-6;1-7-5-3-2-4-6-7;1-6-3-2-5-4-6;1-2/h6-7H,2-5H2,1H3;2-6H2,1H3;2-4H,1H3;1-2H3. The van der Waals surface area contributed by atoms with Crippen LogP contribution in [0.1, 0.15) is 46.0 Å². The molecule has 0 aromatic carbocycles. The molecule has 0 radical (unpaired) electrons. The summed E-state index contributed by atoms with van der Waals surface area (Å²) in [4.78, 5) is 6.18. The van der Waals surface area contributed by atoms with Crippen LogP contribution in [-0.4, -0.2) is 60.9 Å². The predicted molar refractivity (Wildman–Crippen MR) is 98.8 cm³/mol. The number of rotatable bonds is 1. The number of nitrogens with zero attached hydrogens (tertiary/aromatic N) is 3. The summed E-state index contributed by atoms with van der Waals surface area (Å²) in [6.07, 6.45) is 12.0. The third kappa shape index (κ3) is 13.2. The van der Waals surface area contributed by atoms with Crippen molar-refractivity contribution >= 4 is 0 Å². The van der Waals surface area contributed by atoms with Gasteiger partial charge in [0.05, 0.1) is 6.33 Å². The predicted octanol–water partition coefficient (Wildman–Crippen LogP) is 2.93. The van der Waals surface area contributed by atoms with E-state index in [1.807, 2.05) is 38.7 Å². The number of nitrogens with one attached hydrogen (secondary N) is 1. The van der Waals surface area contributed by atoms with Crippen molar-refractivity contribution in [2.45, 2.75) is 52.0 Å². The number of piperidine rings is 1. The zero-order valence-electron chi connectivity index (χ0n) is 15.9. The van der Waals surface area contributed by atoms with Crippen molar-refractivity contribution in [2.75, 3.05) is 40.4 Å². The molecule has 0 saturated carbocycles. The van der Waals surface area contributed by atoms with Crippen LogP contribution in [0.4, 0.5) is 0 Å². The molecule has 3 heterocycles. The van der Waals surface area contributed by atoms with Gasteiger partial charge in [0.15, 0.2) is 0 Å². The highest BCUT2D eigenvalue weighted by Crippen LogP contribution is 2.05. The van der Waals surface area contributed by atoms with Crippen LogP contribution in [0.15, 0.2) is 18.7 Å². The molecule has 0 aliphatic carbocycles. The van der Waals surface area contributed by atoms with Gasteiger partial charge in [0.1, 0.15) is 0 Å². The summed E-state index contributed by atoms with van der Waals surface area (Å²) < 4.78 is 7.05. The fourth-order valence-corrected chi connectivity index (χ4v) is 2.36. The van der Waals surface area contributed by atoms with Crippen molar-refractivity contribution in [3.05, 3.63) is 18.7 Å². The van der Waals surface area contributed by atoms with Crippen molar-refractivity contribution in [1.82, 2.24) is 19.8 Å². The number of imidazole rings is 1. The molecule has 3 rings (SSSR count). The molecule has 0 amide bonds. The molecule has 136 valence electrons. The molecule has 0 atom stereocenters. The van der Waals surface area contributed by atoms with Gasteiger partial charge in [0.25, 0.3) is 0 Å². The average Bonchev–Trinajstić information content (AvgIpc) is 3.10. The summed E-state index contributed by atoms with van der Waals surface area (Å²) in [7, 11) is 6.14. The van der Waals surface area contributed by atoms with E-state index in [1.54, 1.807) is 12.5 Å². The van der Waals surface area contributed by atoms with Crippen LogP contribution in [0.2, 0.25) is 0 Å². The molecule has 2 saturated heterocycles. The quantitative estimate of drug-likeness (QED) is 0.861. The first-order valence-electron chi connectivity index (χ1n) is 9.08. The third-order valence-electron chi connectivity index (χ3n) is 3.85. The fraction of sp³-hybridized carbons (Fsp3) is 0.833. The zero-order valence-corrected chi connectivity index (χ0v) is 15.9. The lowest BCUT2D eigenvalue weighted by Crippen LogP contribution is -2.31. The van der Waals surface area contributed by atoms with E-state index in [-0.39, 0.29) is 0 Å². The summed E-state index contributed by atoms with van der Waals surface area (Å²) in [6.45, 7) is 8.51. The SMILES string of the molecule is CC.CN1CCCCC1.CNC1CCOCC1.Cn1ccnc1. The van der Waals surface area contributed by atoms with E-state index in [0.717, 1.165) is 13.2 Å². The topological polar surface area (TPSA) is 42.3 Å². The number of hydrogen-bond donors (Lipinski definition) is 1. The van der Waals surface area contributed by atoms with Gasteiger partial charge in [-0.2, -0.15) is 0 Å². The second-order valence-corrected chi connectivity index (χ2v) is 5.77. The van der Waals surface area contributed by atoms with E-state index < -0.39 is 0 Å². The van der Waals surface area contributed by atoms with Crippen LogP contribution in [0.3, 0.4) is 0 Å². The molecule has 23 heavy (non-hydrogen) atoms. The monoisotopic (exact) mass is 326 g/mol. The molecule has 5 heteroatoms. The third-order valence-corrected chi connectivity index (χ3v) is 3.85. The summed E-state index contributed by atoms with van der Waals surface area (Å²) in [5.41, 5.74) is 0. The minimum atomic E-state index is 0.712. The highest BCUT2D eigenvalue weighted by atomic mass is 16.5. The molecular weight excluding hydrogens is 288 g/mol. The van der Waals surface area contributed by atoms with Gasteiger partial charge in [-0.25, -0.2) is 4.98 Å². The first-order valence-corrected chi connectivity index (χ1v) is 9.08. The zero-order chi connectivity index (χ0) is 17.3. The Balaban J connectivity index is 0.000000302. The molecule has 0 unspecified atom stereocenters. The van der Waals surface area contributed by atoms with E-state index in [0.29, 0.717) is 6.04 Å². The summed E-state index contributed by atoms with van der Waals surface area (Å²) >= 11 is 0. The second-order valence-electron chi connectivity index (χ2n) is 5.77. The molecule has 1 aromatic rings. The van der Waals surface area contributed by atoms with E-state index in [4.69, 9.17) is 4.74 Å². The average molecular weight is 327 g/mol. The molecule has 2 aliphatic heterocycles. The van der Waals surface area contributed by atoms with Crippen molar-refractivity contribution in [3.8, 4) is 0 Å². The van der Waals surface area contributed by atoms with E-state index >= 15 is 0 Å². The number of hydrogen-bond acceptors (Lipinski definition) is 4. The number of ether oxygens (including phenoxy) is 1. The van der Waals surface area contributed by atoms with Gasteiger partial charge in [0.2, 0.25) is 0 Å². The van der Waals surface area contributed by atoms with Gasteiger partial charge in [-0.05, 0) is 52.9 Å². The van der Waals surface area contributed by atoms with Crippen molar-refractivity contribution in [1.29, 1.82) is 0 Å². The summed E-state index contributed by atoms with van der Waals surface area (Å²) in [5, 5.41) is 3.22. The highest BCUT2D eigenvalue weighted by Gasteiger charge is 2.09. The highest BCUT2D eigenvalue weighted by molar-refractivity contribution is 4.70. The molecule has 5 nitrogen and oxygen atoms in total. The minimum Gasteiger partial charge on any atom is -0.381 e. The number of aromatic nitrogens is 2. The van der Waals surface area contributed by atoms with E-state index in [1.165, 1.54) is 45.2 Å². The Morgan fingerprint density at radius 3 is 1.91 bits per heavy atom. The molecule has 2 aliphatic rings. The Morgan fingerprint density at radius 1 is 1.04 bits per heavy atom. The number of aryl methyl sites for hydroxylation is 1. The van der Waals surface area contributed by atoms with Gasteiger partial charge in [-0.15, -0.1) is 0 Å². The maximum atomic E-state index is 5.16. The lowest BCUT2D eigenvalue weighted by atomic mass is 10.1. The Hall–Kier alpha value is -0.910. The van der Waals surface area contributed by atoms with Gasteiger partial charge in [0, 0.05) is 38.7 Å². The first-order chi connectivity index (χ1) is 11.2. The molecule has 0 bridgehead atoms. The Labute approximate surface area is 143 Å². The van der Waals surface area contributed by atoms with Crippen LogP contribution in [-0.2, 0) is 11.8 Å². The lowest BCUT2D eigenvalue weighted by molar-refractivity contribution is 0.0799. The van der Waals surface area contributed by atoms with Crippen molar-refractivity contribution in [2.24, 2.45) is 7.05 Å². The molecule has 1 N–H and O–H groups in total. The number of likely N-dealkylation sites (tertiary alicyclic amines) is 1. The maximum Gasteiger partial charge on any atom is 0.0943 e. The van der Waals surface area contributed by atoms with Crippen LogP contribution in [0.5, 0.6) is 0 Å². The van der Waals surface area contributed by atoms with E-state index in [2.05, 4.69) is 22.2 Å². The maximum absolute atomic E-state index is 5.16. The fourth-order valence-electron chi connectivity index (χ4n) is 2.36. The van der Waals surface area contributed by atoms with Crippen LogP contribution in [0.25, 0.3) is 0 Å². The first kappa shape index (κ1) is 22.1. The van der Waals surface area contributed by atoms with Gasteiger partial charge in [-0.3, -0.25) is 0 Å². The lowest BCUT2D eigenvalue weighted by Gasteiger charge is -2.20. The molecular formula is C18H38N4O. The van der Waals surface area contributed by atoms with Crippen LogP contribution in [0, 0.1) is 0 Å². The summed E-state index contributed by atoms with van der Waals surface area (Å²) in [6, 6.07) is 0.712. The van der Waals surface area contributed by atoms with Crippen molar-refractivity contribution in [3.63, 3.8) is 0 Å². The van der Waals surface area contributed by atoms with Gasteiger partial charge < -0.3 is 19.5 Å². The Bertz CT molecular complexity index is 318.